The van der Waals surface area contributed by atoms with E-state index in [0.717, 1.165) is 16.8 Å². The fraction of sp³-hybridized carbons (Fsp3) is 0. The minimum atomic E-state index is -0.461. The Kier molecular flexibility index (Phi) is 4.65. The molecule has 2 N–H and O–H groups in total. The monoisotopic (exact) mass is 413 g/mol. The lowest BCUT2D eigenvalue weighted by Gasteiger charge is -2.08. The number of aromatic nitrogens is 1. The fourth-order valence-corrected chi connectivity index (χ4v) is 4.08. The molecule has 2 aromatic carbocycles. The molecule has 0 saturated heterocycles. The highest BCUT2D eigenvalue weighted by molar-refractivity contribution is 7.73. The summed E-state index contributed by atoms with van der Waals surface area (Å²) in [5.41, 5.74) is 5.59. The topological polar surface area (TPSA) is 66.6 Å². The zero-order valence-corrected chi connectivity index (χ0v) is 16.1. The molecular weight excluding hydrogens is 402 g/mol. The van der Waals surface area contributed by atoms with Gasteiger partial charge >= 0.3 is 0 Å². The Balaban J connectivity index is 1.67. The number of para-hydroxylation sites is 1. The van der Waals surface area contributed by atoms with E-state index in [2.05, 4.69) is 10.4 Å². The Morgan fingerprint density at radius 3 is 2.78 bits per heavy atom. The molecule has 0 radical (unpaired) electrons. The normalized spacial score (nSPS) is 13.7. The van der Waals surface area contributed by atoms with Crippen molar-refractivity contribution in [1.82, 2.24) is 4.68 Å². The van der Waals surface area contributed by atoms with Crippen LogP contribution in [0, 0.1) is 3.95 Å². The lowest BCUT2D eigenvalue weighted by Crippen LogP contribution is -2.22. The lowest BCUT2D eigenvalue weighted by molar-refractivity contribution is 0.101. The molecule has 4 rings (SSSR count). The third kappa shape index (κ3) is 3.32. The van der Waals surface area contributed by atoms with E-state index in [0.29, 0.717) is 19.4 Å². The highest BCUT2D eigenvalue weighted by Gasteiger charge is 2.17. The summed E-state index contributed by atoms with van der Waals surface area (Å²) < 4.78 is 1.48. The maximum atomic E-state index is 12.5. The van der Waals surface area contributed by atoms with E-state index in [1.165, 1.54) is 16.0 Å². The van der Waals surface area contributed by atoms with Crippen molar-refractivity contribution in [2.24, 2.45) is 4.99 Å². The molecule has 0 saturated carbocycles. The second-order valence-electron chi connectivity index (χ2n) is 5.69. The second-order valence-corrected chi connectivity index (χ2v) is 7.77. The van der Waals surface area contributed by atoms with Gasteiger partial charge in [-0.15, -0.1) is 0 Å². The number of rotatable bonds is 3. The van der Waals surface area contributed by atoms with Gasteiger partial charge in [0.1, 0.15) is 0 Å². The zero-order valence-electron chi connectivity index (χ0n) is 13.7. The van der Waals surface area contributed by atoms with Gasteiger partial charge in [-0.25, -0.2) is 0 Å². The first-order chi connectivity index (χ1) is 13.0. The molecule has 1 aromatic heterocycles. The van der Waals surface area contributed by atoms with Crippen molar-refractivity contribution in [1.29, 1.82) is 0 Å². The van der Waals surface area contributed by atoms with Crippen LogP contribution >= 0.6 is 35.2 Å². The van der Waals surface area contributed by atoms with Crippen LogP contribution in [0.4, 0.5) is 5.69 Å². The van der Waals surface area contributed by atoms with E-state index in [9.17, 15) is 9.90 Å². The number of aliphatic imine (C=N–C) groups is 1. The van der Waals surface area contributed by atoms with E-state index in [1.807, 2.05) is 24.3 Å². The van der Waals surface area contributed by atoms with Crippen LogP contribution < -0.4 is 5.43 Å². The second kappa shape index (κ2) is 7.11. The first-order valence-corrected chi connectivity index (χ1v) is 9.51. The number of carbonyl (C=O) groups is 1. The van der Waals surface area contributed by atoms with Crippen molar-refractivity contribution < 1.29 is 9.90 Å². The number of thiazole rings is 1. The van der Waals surface area contributed by atoms with Gasteiger partial charge in [0.05, 0.1) is 21.2 Å². The van der Waals surface area contributed by atoms with Crippen LogP contribution in [0.1, 0.15) is 20.8 Å². The van der Waals surface area contributed by atoms with Gasteiger partial charge in [-0.3, -0.25) is 15.2 Å². The Labute approximate surface area is 168 Å². The van der Waals surface area contributed by atoms with Crippen molar-refractivity contribution in [2.75, 3.05) is 5.43 Å². The van der Waals surface area contributed by atoms with Crippen LogP contribution in [0.5, 0.6) is 5.88 Å². The molecule has 1 aliphatic rings. The van der Waals surface area contributed by atoms with Crippen LogP contribution in [-0.2, 0) is 0 Å². The number of aromatic hydroxyl groups is 1. The number of halogens is 1. The summed E-state index contributed by atoms with van der Waals surface area (Å²) in [5.74, 6) is -0.604. The van der Waals surface area contributed by atoms with Crippen molar-refractivity contribution in [3.05, 3.63) is 73.5 Å². The zero-order chi connectivity index (χ0) is 19.0. The standard InChI is InChI=1S/C19H12ClN3O2S2/c20-14-7-3-1-6-13(14)17(24)22-23-18(25)16(27-19(23)26)9-11-10-21-15-8-4-2-5-12(11)15/h1-10,25H,(H,22,24)/b11-9+. The van der Waals surface area contributed by atoms with Gasteiger partial charge < -0.3 is 5.11 Å². The molecule has 0 unspecified atom stereocenters. The van der Waals surface area contributed by atoms with E-state index >= 15 is 0 Å². The highest BCUT2D eigenvalue weighted by atomic mass is 35.5. The Hall–Kier alpha value is -2.74. The molecule has 27 heavy (non-hydrogen) atoms. The summed E-state index contributed by atoms with van der Waals surface area (Å²) in [6.45, 7) is 0. The Morgan fingerprint density at radius 1 is 1.22 bits per heavy atom. The summed E-state index contributed by atoms with van der Waals surface area (Å²) in [4.78, 5) is 17.3. The number of fused-ring (bicyclic) bond motifs is 1. The number of allylic oxidation sites excluding steroid dienone is 1. The molecule has 8 heteroatoms. The number of hydrogen-bond acceptors (Lipinski definition) is 5. The largest absolute Gasteiger partial charge is 0.492 e. The first-order valence-electron chi connectivity index (χ1n) is 7.90. The molecule has 2 heterocycles. The lowest BCUT2D eigenvalue weighted by atomic mass is 10.1. The molecule has 0 bridgehead atoms. The van der Waals surface area contributed by atoms with Crippen molar-refractivity contribution in [3.8, 4) is 5.88 Å². The summed E-state index contributed by atoms with van der Waals surface area (Å²) in [6, 6.07) is 14.4. The maximum absolute atomic E-state index is 12.5. The van der Waals surface area contributed by atoms with Crippen molar-refractivity contribution in [3.63, 3.8) is 0 Å². The van der Waals surface area contributed by atoms with Gasteiger partial charge in [-0.2, -0.15) is 4.68 Å². The average molecular weight is 414 g/mol. The number of amides is 1. The van der Waals surface area contributed by atoms with E-state index in [-0.39, 0.29) is 5.88 Å². The molecule has 0 spiro atoms. The quantitative estimate of drug-likeness (QED) is 0.574. The molecule has 3 aromatic rings. The Morgan fingerprint density at radius 2 is 1.96 bits per heavy atom. The van der Waals surface area contributed by atoms with Crippen LogP contribution in [-0.4, -0.2) is 21.9 Å². The number of hydrogen-bond donors (Lipinski definition) is 2. The predicted molar refractivity (Wildman–Crippen MR) is 112 cm³/mol. The molecule has 0 aliphatic carbocycles. The molecule has 0 atom stereocenters. The van der Waals surface area contributed by atoms with Crippen LogP contribution in [0.15, 0.2) is 53.5 Å². The van der Waals surface area contributed by atoms with Gasteiger partial charge in [0.15, 0.2) is 3.95 Å². The first kappa shape index (κ1) is 17.7. The summed E-state index contributed by atoms with van der Waals surface area (Å²) in [7, 11) is 0. The minimum absolute atomic E-state index is 0.143. The van der Waals surface area contributed by atoms with Crippen LogP contribution in [0.25, 0.3) is 11.6 Å². The van der Waals surface area contributed by atoms with E-state index in [4.69, 9.17) is 23.8 Å². The minimum Gasteiger partial charge on any atom is -0.492 e. The van der Waals surface area contributed by atoms with Crippen molar-refractivity contribution in [2.45, 2.75) is 0 Å². The third-order valence-corrected chi connectivity index (χ3v) is 5.63. The summed E-state index contributed by atoms with van der Waals surface area (Å²) in [5, 5.41) is 10.9. The van der Waals surface area contributed by atoms with Gasteiger partial charge in [0.2, 0.25) is 5.88 Å². The van der Waals surface area contributed by atoms with Crippen LogP contribution in [0.2, 0.25) is 5.02 Å². The number of nitrogens with one attached hydrogen (secondary N) is 1. The van der Waals surface area contributed by atoms with E-state index in [1.54, 1.807) is 36.6 Å². The number of benzene rings is 2. The molecular formula is C19H12ClN3O2S2. The Bertz CT molecular complexity index is 1180. The molecule has 134 valence electrons. The molecule has 1 amide bonds. The SMILES string of the molecule is O=C(Nn1c(O)c(/C=C2\C=Nc3ccccc32)sc1=S)c1ccccc1Cl. The van der Waals surface area contributed by atoms with Gasteiger partial charge in [-0.1, -0.05) is 53.3 Å². The fourth-order valence-electron chi connectivity index (χ4n) is 2.68. The number of nitrogens with zero attached hydrogens (tertiary/aromatic N) is 2. The maximum Gasteiger partial charge on any atom is 0.271 e. The molecule has 0 fully saturated rings. The average Bonchev–Trinajstić information content (AvgIpc) is 3.19. The third-order valence-electron chi connectivity index (χ3n) is 3.99. The molecule has 1 aliphatic heterocycles. The van der Waals surface area contributed by atoms with Gasteiger partial charge in [0.25, 0.3) is 5.91 Å². The highest BCUT2D eigenvalue weighted by Crippen LogP contribution is 2.35. The van der Waals surface area contributed by atoms with Crippen molar-refractivity contribution >= 4 is 64.6 Å². The summed E-state index contributed by atoms with van der Waals surface area (Å²) >= 11 is 12.5. The van der Waals surface area contributed by atoms with E-state index < -0.39 is 5.91 Å². The van der Waals surface area contributed by atoms with Crippen LogP contribution in [0.3, 0.4) is 0 Å². The number of carbonyl (C=O) groups excluding carboxylic acids is 1. The van der Waals surface area contributed by atoms with Gasteiger partial charge in [0, 0.05) is 17.4 Å². The smallest absolute Gasteiger partial charge is 0.271 e. The molecule has 5 nitrogen and oxygen atoms in total. The van der Waals surface area contributed by atoms with Gasteiger partial charge in [-0.05, 0) is 36.5 Å². The predicted octanol–water partition coefficient (Wildman–Crippen LogP) is 5.28. The summed E-state index contributed by atoms with van der Waals surface area (Å²) in [6.07, 6.45) is 3.53.